The third-order valence-corrected chi connectivity index (χ3v) is 4.91. The molecule has 3 aromatic rings. The minimum Gasteiger partial charge on any atom is -0.483 e. The number of hydrogen-bond donors (Lipinski definition) is 1. The monoisotopic (exact) mass is 385 g/mol. The van der Waals surface area contributed by atoms with Crippen LogP contribution in [0, 0.1) is 13.8 Å². The number of benzene rings is 3. The molecule has 0 bridgehead atoms. The van der Waals surface area contributed by atoms with E-state index in [9.17, 15) is 14.4 Å². The van der Waals surface area contributed by atoms with Gasteiger partial charge in [-0.15, -0.1) is 0 Å². The molecule has 0 fully saturated rings. The van der Waals surface area contributed by atoms with Gasteiger partial charge in [0.25, 0.3) is 5.91 Å². The number of hydrogen-bond acceptors (Lipinski definition) is 4. The van der Waals surface area contributed by atoms with E-state index in [0.29, 0.717) is 33.7 Å². The number of rotatable bonds is 4. The quantitative estimate of drug-likeness (QED) is 0.574. The molecule has 144 valence electrons. The summed E-state index contributed by atoms with van der Waals surface area (Å²) in [6.07, 6.45) is 0. The van der Waals surface area contributed by atoms with Crippen LogP contribution in [0.3, 0.4) is 0 Å². The molecule has 1 aliphatic carbocycles. The average Bonchev–Trinajstić information content (AvgIpc) is 2.72. The van der Waals surface area contributed by atoms with Crippen LogP contribution in [0.25, 0.3) is 0 Å². The molecule has 1 N–H and O–H groups in total. The third-order valence-electron chi connectivity index (χ3n) is 4.91. The molecule has 1 amide bonds. The molecule has 3 aromatic carbocycles. The highest BCUT2D eigenvalue weighted by Gasteiger charge is 2.29. The Balaban J connectivity index is 1.51. The van der Waals surface area contributed by atoms with E-state index in [1.54, 1.807) is 42.5 Å². The van der Waals surface area contributed by atoms with E-state index >= 15 is 0 Å². The van der Waals surface area contributed by atoms with E-state index < -0.39 is 0 Å². The van der Waals surface area contributed by atoms with Gasteiger partial charge in [0.05, 0.1) is 0 Å². The summed E-state index contributed by atoms with van der Waals surface area (Å²) >= 11 is 0. The fourth-order valence-electron chi connectivity index (χ4n) is 3.38. The predicted molar refractivity (Wildman–Crippen MR) is 110 cm³/mol. The second kappa shape index (κ2) is 7.36. The Kier molecular flexibility index (Phi) is 4.72. The van der Waals surface area contributed by atoms with Gasteiger partial charge >= 0.3 is 0 Å². The van der Waals surface area contributed by atoms with Crippen molar-refractivity contribution < 1.29 is 19.1 Å². The SMILES string of the molecule is Cc1ccc(C)c(OCC(=O)Nc2ccc3c(c2)C(=O)c2ccccc2C3=O)c1. The van der Waals surface area contributed by atoms with Gasteiger partial charge in [0, 0.05) is 27.9 Å². The zero-order valence-corrected chi connectivity index (χ0v) is 16.1. The number of nitrogens with one attached hydrogen (secondary N) is 1. The molecular weight excluding hydrogens is 366 g/mol. The highest BCUT2D eigenvalue weighted by Crippen LogP contribution is 2.29. The van der Waals surface area contributed by atoms with Crippen LogP contribution < -0.4 is 10.1 Å². The summed E-state index contributed by atoms with van der Waals surface area (Å²) in [7, 11) is 0. The Morgan fingerprint density at radius 3 is 2.21 bits per heavy atom. The number of aryl methyl sites for hydroxylation is 2. The van der Waals surface area contributed by atoms with Crippen LogP contribution in [0.5, 0.6) is 5.75 Å². The summed E-state index contributed by atoms with van der Waals surface area (Å²) in [5.41, 5.74) is 3.86. The van der Waals surface area contributed by atoms with Crippen LogP contribution in [-0.2, 0) is 4.79 Å². The van der Waals surface area contributed by atoms with E-state index in [0.717, 1.165) is 11.1 Å². The first-order chi connectivity index (χ1) is 13.9. The smallest absolute Gasteiger partial charge is 0.262 e. The van der Waals surface area contributed by atoms with Gasteiger partial charge in [-0.1, -0.05) is 36.4 Å². The third kappa shape index (κ3) is 3.55. The van der Waals surface area contributed by atoms with Crippen LogP contribution in [0.1, 0.15) is 43.0 Å². The maximum absolute atomic E-state index is 12.8. The molecule has 0 radical (unpaired) electrons. The molecule has 0 aliphatic heterocycles. The van der Waals surface area contributed by atoms with Crippen molar-refractivity contribution in [3.05, 3.63) is 94.0 Å². The molecule has 0 atom stereocenters. The lowest BCUT2D eigenvalue weighted by Gasteiger charge is -2.18. The first kappa shape index (κ1) is 18.6. The highest BCUT2D eigenvalue weighted by atomic mass is 16.5. The summed E-state index contributed by atoms with van der Waals surface area (Å²) in [5.74, 6) is -0.104. The largest absolute Gasteiger partial charge is 0.483 e. The highest BCUT2D eigenvalue weighted by molar-refractivity contribution is 6.28. The van der Waals surface area contributed by atoms with Gasteiger partial charge in [-0.25, -0.2) is 0 Å². The van der Waals surface area contributed by atoms with Crippen molar-refractivity contribution >= 4 is 23.2 Å². The van der Waals surface area contributed by atoms with Crippen LogP contribution in [0.2, 0.25) is 0 Å². The van der Waals surface area contributed by atoms with Crippen LogP contribution in [0.15, 0.2) is 60.7 Å². The minimum absolute atomic E-state index is 0.156. The molecule has 4 rings (SSSR count). The number of fused-ring (bicyclic) bond motifs is 2. The Morgan fingerprint density at radius 1 is 0.828 bits per heavy atom. The fraction of sp³-hybridized carbons (Fsp3) is 0.125. The van der Waals surface area contributed by atoms with Gasteiger partial charge in [0.15, 0.2) is 18.2 Å². The number of ether oxygens (including phenoxy) is 1. The van der Waals surface area contributed by atoms with Crippen molar-refractivity contribution in [3.8, 4) is 5.75 Å². The van der Waals surface area contributed by atoms with Crippen molar-refractivity contribution in [2.24, 2.45) is 0 Å². The van der Waals surface area contributed by atoms with Crippen molar-refractivity contribution in [1.82, 2.24) is 0 Å². The molecule has 0 aromatic heterocycles. The summed E-state index contributed by atoms with van der Waals surface area (Å²) in [6, 6.07) is 17.3. The van der Waals surface area contributed by atoms with E-state index in [2.05, 4.69) is 5.32 Å². The van der Waals surface area contributed by atoms with Crippen LogP contribution in [-0.4, -0.2) is 24.1 Å². The number of ketones is 2. The van der Waals surface area contributed by atoms with Gasteiger partial charge in [0.2, 0.25) is 0 Å². The Bertz CT molecular complexity index is 1160. The van der Waals surface area contributed by atoms with Crippen LogP contribution >= 0.6 is 0 Å². The molecule has 1 aliphatic rings. The maximum atomic E-state index is 12.8. The number of carbonyl (C=O) groups excluding carboxylic acids is 3. The summed E-state index contributed by atoms with van der Waals surface area (Å²) in [4.78, 5) is 37.7. The van der Waals surface area contributed by atoms with Crippen LogP contribution in [0.4, 0.5) is 5.69 Å². The number of anilines is 1. The van der Waals surface area contributed by atoms with E-state index in [1.165, 1.54) is 0 Å². The van der Waals surface area contributed by atoms with Gasteiger partial charge in [-0.05, 0) is 49.2 Å². The van der Waals surface area contributed by atoms with E-state index in [4.69, 9.17) is 4.74 Å². The Morgan fingerprint density at radius 2 is 1.48 bits per heavy atom. The molecule has 0 unspecified atom stereocenters. The second-order valence-corrected chi connectivity index (χ2v) is 7.07. The molecule has 5 heteroatoms. The maximum Gasteiger partial charge on any atom is 0.262 e. The van der Waals surface area contributed by atoms with Crippen molar-refractivity contribution in [3.63, 3.8) is 0 Å². The second-order valence-electron chi connectivity index (χ2n) is 7.07. The number of carbonyl (C=O) groups is 3. The zero-order chi connectivity index (χ0) is 20.5. The summed E-state index contributed by atoms with van der Waals surface area (Å²) in [5, 5.41) is 2.73. The van der Waals surface area contributed by atoms with Crippen molar-refractivity contribution in [2.45, 2.75) is 13.8 Å². The van der Waals surface area contributed by atoms with Gasteiger partial charge in [-0.3, -0.25) is 14.4 Å². The van der Waals surface area contributed by atoms with Crippen molar-refractivity contribution in [1.29, 1.82) is 0 Å². The molecule has 0 saturated heterocycles. The summed E-state index contributed by atoms with van der Waals surface area (Å²) < 4.78 is 5.62. The molecular formula is C24H19NO4. The summed E-state index contributed by atoms with van der Waals surface area (Å²) in [6.45, 7) is 3.71. The van der Waals surface area contributed by atoms with Gasteiger partial charge in [-0.2, -0.15) is 0 Å². The number of amides is 1. The van der Waals surface area contributed by atoms with E-state index in [1.807, 2.05) is 32.0 Å². The lowest BCUT2D eigenvalue weighted by Crippen LogP contribution is -2.23. The van der Waals surface area contributed by atoms with Crippen molar-refractivity contribution in [2.75, 3.05) is 11.9 Å². The minimum atomic E-state index is -0.346. The first-order valence-corrected chi connectivity index (χ1v) is 9.26. The zero-order valence-electron chi connectivity index (χ0n) is 16.1. The van der Waals surface area contributed by atoms with Gasteiger partial charge in [0.1, 0.15) is 5.75 Å². The molecule has 5 nitrogen and oxygen atoms in total. The lowest BCUT2D eigenvalue weighted by molar-refractivity contribution is -0.118. The van der Waals surface area contributed by atoms with E-state index in [-0.39, 0.29) is 24.1 Å². The molecule has 29 heavy (non-hydrogen) atoms. The fourth-order valence-corrected chi connectivity index (χ4v) is 3.38. The standard InChI is InChI=1S/C24H19NO4/c1-14-7-8-15(2)21(11-14)29-13-22(26)25-16-9-10-19-20(12-16)24(28)18-6-4-3-5-17(18)23(19)27/h3-12H,13H2,1-2H3,(H,25,26). The first-order valence-electron chi connectivity index (χ1n) is 9.26. The molecule has 0 saturated carbocycles. The Labute approximate surface area is 168 Å². The average molecular weight is 385 g/mol. The molecule has 0 spiro atoms. The predicted octanol–water partition coefficient (Wildman–Crippen LogP) is 4.10. The molecule has 0 heterocycles. The topological polar surface area (TPSA) is 72.5 Å². The lowest BCUT2D eigenvalue weighted by atomic mass is 9.84. The van der Waals surface area contributed by atoms with Gasteiger partial charge < -0.3 is 10.1 Å². The Hall–Kier alpha value is -3.73. The normalized spacial score (nSPS) is 12.2.